The highest BCUT2D eigenvalue weighted by molar-refractivity contribution is 7.99. The lowest BCUT2D eigenvalue weighted by atomic mass is 10.0. The Kier molecular flexibility index (Phi) is 6.71. The first-order valence-corrected chi connectivity index (χ1v) is 9.71. The number of methoxy groups -OCH3 is 2. The summed E-state index contributed by atoms with van der Waals surface area (Å²) in [5.41, 5.74) is 1.54. The highest BCUT2D eigenvalue weighted by Gasteiger charge is 2.21. The van der Waals surface area contributed by atoms with Gasteiger partial charge in [-0.05, 0) is 48.0 Å². The second kappa shape index (κ2) is 9.42. The van der Waals surface area contributed by atoms with Gasteiger partial charge in [0.2, 0.25) is 0 Å². The summed E-state index contributed by atoms with van der Waals surface area (Å²) in [4.78, 5) is 13.7. The van der Waals surface area contributed by atoms with E-state index in [9.17, 15) is 9.18 Å². The predicted molar refractivity (Wildman–Crippen MR) is 110 cm³/mol. The van der Waals surface area contributed by atoms with Gasteiger partial charge in [-0.2, -0.15) is 0 Å². The summed E-state index contributed by atoms with van der Waals surface area (Å²) in [5.74, 6) is 1.05. The van der Waals surface area contributed by atoms with Crippen molar-refractivity contribution in [3.63, 3.8) is 0 Å². The van der Waals surface area contributed by atoms with E-state index in [0.29, 0.717) is 5.56 Å². The second-order valence-electron chi connectivity index (χ2n) is 6.17. The fourth-order valence-corrected chi connectivity index (χ4v) is 4.13. The molecular weight excluding hydrogens is 375 g/mol. The molecule has 0 amide bonds. The van der Waals surface area contributed by atoms with Gasteiger partial charge < -0.3 is 9.47 Å². The molecule has 1 atom stereocenters. The van der Waals surface area contributed by atoms with E-state index in [0.717, 1.165) is 22.0 Å². The molecule has 0 unspecified atom stereocenters. The van der Waals surface area contributed by atoms with Gasteiger partial charge in [0, 0.05) is 17.2 Å². The lowest BCUT2D eigenvalue weighted by Crippen LogP contribution is -2.06. The van der Waals surface area contributed by atoms with Gasteiger partial charge in [0.05, 0.1) is 19.1 Å². The van der Waals surface area contributed by atoms with Crippen molar-refractivity contribution in [2.45, 2.75) is 16.6 Å². The van der Waals surface area contributed by atoms with Gasteiger partial charge in [-0.15, -0.1) is 11.8 Å². The minimum Gasteiger partial charge on any atom is -0.497 e. The van der Waals surface area contributed by atoms with Gasteiger partial charge >= 0.3 is 0 Å². The average Bonchev–Trinajstić information content (AvgIpc) is 2.74. The Morgan fingerprint density at radius 1 is 0.964 bits per heavy atom. The fourth-order valence-electron chi connectivity index (χ4n) is 2.85. The number of carbonyl (C=O) groups excluding carboxylic acids is 1. The molecule has 0 bridgehead atoms. The van der Waals surface area contributed by atoms with Gasteiger partial charge in [0.15, 0.2) is 5.78 Å². The zero-order chi connectivity index (χ0) is 19.9. The van der Waals surface area contributed by atoms with Crippen LogP contribution >= 0.6 is 11.8 Å². The van der Waals surface area contributed by atoms with Crippen LogP contribution in [0.3, 0.4) is 0 Å². The number of hydrogen-bond donors (Lipinski definition) is 0. The number of carbonyl (C=O) groups is 1. The number of thioether (sulfide) groups is 1. The van der Waals surface area contributed by atoms with Crippen LogP contribution in [0.25, 0.3) is 0 Å². The summed E-state index contributed by atoms with van der Waals surface area (Å²) in [5, 5.41) is -0.125. The molecule has 0 heterocycles. The Morgan fingerprint density at radius 3 is 2.32 bits per heavy atom. The van der Waals surface area contributed by atoms with E-state index < -0.39 is 0 Å². The topological polar surface area (TPSA) is 35.5 Å². The first-order valence-electron chi connectivity index (χ1n) is 8.83. The van der Waals surface area contributed by atoms with Crippen molar-refractivity contribution in [1.29, 1.82) is 0 Å². The van der Waals surface area contributed by atoms with E-state index in [1.807, 2.05) is 48.5 Å². The molecule has 3 aromatic carbocycles. The maximum absolute atomic E-state index is 13.2. The van der Waals surface area contributed by atoms with Crippen molar-refractivity contribution < 1.29 is 18.7 Å². The third-order valence-corrected chi connectivity index (χ3v) is 5.64. The normalized spacial score (nSPS) is 11.7. The number of halogens is 1. The number of ketones is 1. The summed E-state index contributed by atoms with van der Waals surface area (Å²) >= 11 is 1.55. The van der Waals surface area contributed by atoms with Crippen molar-refractivity contribution in [3.8, 4) is 11.5 Å². The molecule has 28 heavy (non-hydrogen) atoms. The SMILES string of the molecule is COc1ccc(OC)c(S[C@H](CC(=O)c2ccc(F)cc2)c2ccccc2)c1. The molecule has 0 spiro atoms. The first kappa shape index (κ1) is 20.0. The van der Waals surface area contributed by atoms with Crippen LogP contribution in [0.2, 0.25) is 0 Å². The fraction of sp³-hybridized carbons (Fsp3) is 0.174. The third-order valence-electron chi connectivity index (χ3n) is 4.35. The molecule has 3 rings (SSSR count). The Morgan fingerprint density at radius 2 is 1.68 bits per heavy atom. The molecule has 0 aromatic heterocycles. The standard InChI is InChI=1S/C23H21FO3S/c1-26-19-12-13-21(27-2)23(14-19)28-22(17-6-4-3-5-7-17)15-20(25)16-8-10-18(24)11-9-16/h3-14,22H,15H2,1-2H3/t22-/m1/s1. The Labute approximate surface area is 168 Å². The number of hydrogen-bond acceptors (Lipinski definition) is 4. The van der Waals surface area contributed by atoms with Crippen molar-refractivity contribution in [2.24, 2.45) is 0 Å². The zero-order valence-electron chi connectivity index (χ0n) is 15.7. The molecule has 0 aliphatic heterocycles. The molecule has 0 saturated heterocycles. The molecule has 144 valence electrons. The van der Waals surface area contributed by atoms with E-state index in [1.54, 1.807) is 26.0 Å². The van der Waals surface area contributed by atoms with Crippen molar-refractivity contribution in [2.75, 3.05) is 14.2 Å². The Bertz CT molecular complexity index is 926. The second-order valence-corrected chi connectivity index (χ2v) is 7.41. The monoisotopic (exact) mass is 396 g/mol. The number of ether oxygens (including phenoxy) is 2. The number of benzene rings is 3. The van der Waals surface area contributed by atoms with Crippen molar-refractivity contribution >= 4 is 17.5 Å². The first-order chi connectivity index (χ1) is 13.6. The summed E-state index contributed by atoms with van der Waals surface area (Å²) in [6.07, 6.45) is 0.278. The molecule has 3 nitrogen and oxygen atoms in total. The van der Waals surface area contributed by atoms with Crippen LogP contribution in [0.5, 0.6) is 11.5 Å². The minimum atomic E-state index is -0.355. The van der Waals surface area contributed by atoms with Gasteiger partial charge in [-0.1, -0.05) is 30.3 Å². The van der Waals surface area contributed by atoms with Crippen LogP contribution in [-0.4, -0.2) is 20.0 Å². The Balaban J connectivity index is 1.90. The summed E-state index contributed by atoms with van der Waals surface area (Å²) in [6, 6.07) is 21.1. The summed E-state index contributed by atoms with van der Waals surface area (Å²) < 4.78 is 24.0. The van der Waals surface area contributed by atoms with Crippen LogP contribution < -0.4 is 9.47 Å². The van der Waals surface area contributed by atoms with E-state index in [4.69, 9.17) is 9.47 Å². The lowest BCUT2D eigenvalue weighted by molar-refractivity contribution is 0.0982. The third kappa shape index (κ3) is 4.93. The van der Waals surface area contributed by atoms with Gasteiger partial charge in [-0.25, -0.2) is 4.39 Å². The van der Waals surface area contributed by atoms with Gasteiger partial charge in [0.1, 0.15) is 17.3 Å². The molecular formula is C23H21FO3S. The molecule has 0 aliphatic carbocycles. The maximum Gasteiger partial charge on any atom is 0.164 e. The zero-order valence-corrected chi connectivity index (χ0v) is 16.5. The van der Waals surface area contributed by atoms with Crippen molar-refractivity contribution in [1.82, 2.24) is 0 Å². The van der Waals surface area contributed by atoms with E-state index in [2.05, 4.69) is 0 Å². The molecule has 0 fully saturated rings. The molecule has 3 aromatic rings. The average molecular weight is 396 g/mol. The molecule has 5 heteroatoms. The molecule has 0 saturated carbocycles. The largest absolute Gasteiger partial charge is 0.497 e. The summed E-state index contributed by atoms with van der Waals surface area (Å²) in [7, 11) is 3.23. The van der Waals surface area contributed by atoms with Crippen molar-refractivity contribution in [3.05, 3.63) is 89.7 Å². The van der Waals surface area contributed by atoms with Crippen LogP contribution in [0, 0.1) is 5.82 Å². The van der Waals surface area contributed by atoms with Crippen LogP contribution in [0.15, 0.2) is 77.7 Å². The quantitative estimate of drug-likeness (QED) is 0.348. The lowest BCUT2D eigenvalue weighted by Gasteiger charge is -2.19. The van der Waals surface area contributed by atoms with Crippen LogP contribution in [0.1, 0.15) is 27.6 Å². The molecule has 0 aliphatic rings. The van der Waals surface area contributed by atoms with E-state index >= 15 is 0 Å². The maximum atomic E-state index is 13.2. The van der Waals surface area contributed by atoms with E-state index in [1.165, 1.54) is 24.3 Å². The highest BCUT2D eigenvalue weighted by Crippen LogP contribution is 2.43. The van der Waals surface area contributed by atoms with Crippen LogP contribution in [0.4, 0.5) is 4.39 Å². The molecule has 0 radical (unpaired) electrons. The van der Waals surface area contributed by atoms with Gasteiger partial charge in [-0.3, -0.25) is 4.79 Å². The highest BCUT2D eigenvalue weighted by atomic mass is 32.2. The number of Topliss-reactive ketones (excluding diaryl/α,β-unsaturated/α-hetero) is 1. The van der Waals surface area contributed by atoms with E-state index in [-0.39, 0.29) is 23.3 Å². The van der Waals surface area contributed by atoms with Gasteiger partial charge in [0.25, 0.3) is 0 Å². The summed E-state index contributed by atoms with van der Waals surface area (Å²) in [6.45, 7) is 0. The minimum absolute atomic E-state index is 0.0387. The molecule has 0 N–H and O–H groups in total. The Hall–Kier alpha value is -2.79. The van der Waals surface area contributed by atoms with Crippen LogP contribution in [-0.2, 0) is 0 Å². The number of rotatable bonds is 8. The predicted octanol–water partition coefficient (Wildman–Crippen LogP) is 5.95. The smallest absolute Gasteiger partial charge is 0.164 e.